The lowest BCUT2D eigenvalue weighted by molar-refractivity contribution is -0.141. The average Bonchev–Trinajstić information content (AvgIpc) is 2.46. The number of methoxy groups -OCH3 is 3. The topological polar surface area (TPSA) is 71.1 Å². The lowest BCUT2D eigenvalue weighted by Crippen LogP contribution is -2.09. The van der Waals surface area contributed by atoms with Gasteiger partial charge in [0.05, 0.1) is 34.4 Å². The Bertz CT molecular complexity index is 429. The predicted octanol–water partition coefficient (Wildman–Crippen LogP) is 1.46. The Labute approximate surface area is 111 Å². The molecule has 1 aromatic carbocycles. The number of carbonyl (C=O) groups excluding carboxylic acids is 2. The van der Waals surface area contributed by atoms with E-state index >= 15 is 0 Å². The fourth-order valence-corrected chi connectivity index (χ4v) is 1.45. The van der Waals surface area contributed by atoms with Crippen LogP contribution in [0.25, 0.3) is 0 Å². The normalized spacial score (nSPS) is 9.63. The molecule has 0 aliphatic heterocycles. The lowest BCUT2D eigenvalue weighted by atomic mass is 10.2. The molecular formula is C13H16O6. The van der Waals surface area contributed by atoms with Crippen LogP contribution in [0.2, 0.25) is 0 Å². The minimum absolute atomic E-state index is 0.109. The van der Waals surface area contributed by atoms with Crippen LogP contribution in [0.15, 0.2) is 12.1 Å². The van der Waals surface area contributed by atoms with E-state index in [2.05, 4.69) is 4.74 Å². The third-order valence-corrected chi connectivity index (χ3v) is 2.40. The first-order valence-corrected chi connectivity index (χ1v) is 5.57. The fourth-order valence-electron chi connectivity index (χ4n) is 1.45. The van der Waals surface area contributed by atoms with Gasteiger partial charge in [0, 0.05) is 5.56 Å². The van der Waals surface area contributed by atoms with Gasteiger partial charge in [-0.1, -0.05) is 0 Å². The number of aldehydes is 1. The first kappa shape index (κ1) is 14.8. The summed E-state index contributed by atoms with van der Waals surface area (Å²) in [7, 11) is 4.22. The van der Waals surface area contributed by atoms with Crippen LogP contribution < -0.4 is 14.2 Å². The van der Waals surface area contributed by atoms with Gasteiger partial charge in [0.15, 0.2) is 11.5 Å². The minimum Gasteiger partial charge on any atom is -0.493 e. The smallest absolute Gasteiger partial charge is 0.308 e. The number of hydrogen-bond donors (Lipinski definition) is 0. The van der Waals surface area contributed by atoms with Gasteiger partial charge in [-0.3, -0.25) is 9.59 Å². The molecule has 6 heteroatoms. The van der Waals surface area contributed by atoms with Gasteiger partial charge < -0.3 is 18.9 Å². The number of ether oxygens (including phenoxy) is 4. The summed E-state index contributed by atoms with van der Waals surface area (Å²) in [5, 5.41) is 0. The zero-order valence-electron chi connectivity index (χ0n) is 11.1. The maximum Gasteiger partial charge on any atom is 0.308 e. The Balaban J connectivity index is 2.91. The zero-order valence-corrected chi connectivity index (χ0v) is 11.1. The van der Waals surface area contributed by atoms with E-state index in [0.717, 1.165) is 0 Å². The van der Waals surface area contributed by atoms with Gasteiger partial charge in [0.1, 0.15) is 6.29 Å². The molecule has 0 saturated carbocycles. The van der Waals surface area contributed by atoms with Crippen molar-refractivity contribution in [3.63, 3.8) is 0 Å². The molecule has 6 nitrogen and oxygen atoms in total. The van der Waals surface area contributed by atoms with Crippen molar-refractivity contribution in [2.75, 3.05) is 27.9 Å². The highest BCUT2D eigenvalue weighted by Crippen LogP contribution is 2.38. The summed E-state index contributed by atoms with van der Waals surface area (Å²) in [5.41, 5.74) is 0.411. The van der Waals surface area contributed by atoms with Crippen LogP contribution >= 0.6 is 0 Å². The van der Waals surface area contributed by atoms with Gasteiger partial charge in [-0.15, -0.1) is 0 Å². The molecule has 0 aliphatic rings. The van der Waals surface area contributed by atoms with Crippen molar-refractivity contribution >= 4 is 12.3 Å². The van der Waals surface area contributed by atoms with Crippen LogP contribution in [0.3, 0.4) is 0 Å². The summed E-state index contributed by atoms with van der Waals surface area (Å²) in [5.74, 6) is 0.708. The Morgan fingerprint density at radius 3 is 2.16 bits per heavy atom. The Morgan fingerprint density at radius 2 is 1.74 bits per heavy atom. The lowest BCUT2D eigenvalue weighted by Gasteiger charge is -2.14. The van der Waals surface area contributed by atoms with Crippen molar-refractivity contribution in [2.24, 2.45) is 0 Å². The van der Waals surface area contributed by atoms with E-state index < -0.39 is 0 Å². The molecule has 19 heavy (non-hydrogen) atoms. The summed E-state index contributed by atoms with van der Waals surface area (Å²) >= 11 is 0. The molecule has 0 heterocycles. The number of carbonyl (C=O) groups is 2. The van der Waals surface area contributed by atoms with Crippen molar-refractivity contribution in [3.8, 4) is 17.2 Å². The van der Waals surface area contributed by atoms with Crippen molar-refractivity contribution in [2.45, 2.75) is 6.42 Å². The molecule has 0 fully saturated rings. The summed E-state index contributed by atoms with van der Waals surface area (Å²) < 4.78 is 20.2. The summed E-state index contributed by atoms with van der Waals surface area (Å²) in [6, 6.07) is 3.06. The largest absolute Gasteiger partial charge is 0.493 e. The van der Waals surface area contributed by atoms with E-state index in [-0.39, 0.29) is 19.0 Å². The second kappa shape index (κ2) is 7.25. The van der Waals surface area contributed by atoms with Crippen LogP contribution in [-0.2, 0) is 9.53 Å². The molecule has 104 valence electrons. The van der Waals surface area contributed by atoms with Crippen molar-refractivity contribution in [1.29, 1.82) is 0 Å². The monoisotopic (exact) mass is 268 g/mol. The highest BCUT2D eigenvalue weighted by molar-refractivity contribution is 5.78. The Hall–Kier alpha value is -2.24. The maximum atomic E-state index is 11.0. The van der Waals surface area contributed by atoms with E-state index in [4.69, 9.17) is 14.2 Å². The highest BCUT2D eigenvalue weighted by Gasteiger charge is 2.14. The second-order valence-electron chi connectivity index (χ2n) is 3.55. The number of esters is 1. The van der Waals surface area contributed by atoms with Gasteiger partial charge in [-0.25, -0.2) is 0 Å². The minimum atomic E-state index is -0.373. The summed E-state index contributed by atoms with van der Waals surface area (Å²) in [6.07, 6.45) is 0.793. The van der Waals surface area contributed by atoms with E-state index in [1.807, 2.05) is 0 Å². The van der Waals surface area contributed by atoms with E-state index in [0.29, 0.717) is 29.1 Å². The van der Waals surface area contributed by atoms with E-state index in [9.17, 15) is 9.59 Å². The molecule has 0 N–H and O–H groups in total. The van der Waals surface area contributed by atoms with Crippen molar-refractivity contribution in [1.82, 2.24) is 0 Å². The molecule has 0 unspecified atom stereocenters. The van der Waals surface area contributed by atoms with Gasteiger partial charge in [0.2, 0.25) is 5.75 Å². The zero-order chi connectivity index (χ0) is 14.3. The first-order valence-electron chi connectivity index (χ1n) is 5.57. The molecular weight excluding hydrogens is 252 g/mol. The molecule has 1 aromatic rings. The standard InChI is InChI=1S/C13H16O6/c1-16-10-6-9(8-14)7-11(17-2)13(10)19-5-4-12(15)18-3/h6-8H,4-5H2,1-3H3. The number of rotatable bonds is 7. The van der Waals surface area contributed by atoms with E-state index in [1.165, 1.54) is 33.5 Å². The second-order valence-corrected chi connectivity index (χ2v) is 3.55. The number of hydrogen-bond acceptors (Lipinski definition) is 6. The Morgan fingerprint density at radius 1 is 1.16 bits per heavy atom. The molecule has 0 bridgehead atoms. The van der Waals surface area contributed by atoms with Crippen molar-refractivity contribution < 1.29 is 28.5 Å². The predicted molar refractivity (Wildman–Crippen MR) is 67.1 cm³/mol. The quantitative estimate of drug-likeness (QED) is 0.550. The molecule has 0 spiro atoms. The first-order chi connectivity index (χ1) is 9.15. The number of benzene rings is 1. The Kier molecular flexibility index (Phi) is 5.66. The molecule has 0 amide bonds. The SMILES string of the molecule is COC(=O)CCOc1c(OC)cc(C=O)cc1OC. The van der Waals surface area contributed by atoms with Gasteiger partial charge in [-0.2, -0.15) is 0 Å². The van der Waals surface area contributed by atoms with Crippen molar-refractivity contribution in [3.05, 3.63) is 17.7 Å². The summed E-state index contributed by atoms with van der Waals surface area (Å²) in [6.45, 7) is 0.125. The molecule has 0 aliphatic carbocycles. The van der Waals surface area contributed by atoms with Crippen LogP contribution in [-0.4, -0.2) is 40.2 Å². The van der Waals surface area contributed by atoms with Crippen LogP contribution in [0, 0.1) is 0 Å². The molecule has 0 atom stereocenters. The van der Waals surface area contributed by atoms with Crippen LogP contribution in [0.4, 0.5) is 0 Å². The van der Waals surface area contributed by atoms with Crippen LogP contribution in [0.5, 0.6) is 17.2 Å². The summed E-state index contributed by atoms with van der Waals surface area (Å²) in [4.78, 5) is 21.8. The average molecular weight is 268 g/mol. The molecule has 1 rings (SSSR count). The van der Waals surface area contributed by atoms with Gasteiger partial charge in [0.25, 0.3) is 0 Å². The molecule has 0 radical (unpaired) electrons. The third-order valence-electron chi connectivity index (χ3n) is 2.40. The molecule has 0 saturated heterocycles. The fraction of sp³-hybridized carbons (Fsp3) is 0.385. The van der Waals surface area contributed by atoms with Gasteiger partial charge >= 0.3 is 5.97 Å². The molecule has 0 aromatic heterocycles. The maximum absolute atomic E-state index is 11.0. The highest BCUT2D eigenvalue weighted by atomic mass is 16.5. The van der Waals surface area contributed by atoms with E-state index in [1.54, 1.807) is 0 Å². The van der Waals surface area contributed by atoms with Crippen LogP contribution in [0.1, 0.15) is 16.8 Å². The third kappa shape index (κ3) is 3.87. The van der Waals surface area contributed by atoms with Gasteiger partial charge in [-0.05, 0) is 12.1 Å².